The molecular formula is C21H17IN4O2. The number of benzene rings is 3. The largest absolute Gasteiger partial charge is 0.398 e. The van der Waals surface area contributed by atoms with Gasteiger partial charge in [0.25, 0.3) is 5.69 Å². The fraction of sp³-hybridized carbons (Fsp3) is 0.0952. The molecular weight excluding hydrogens is 467 g/mol. The first-order valence-corrected chi connectivity index (χ1v) is 9.83. The van der Waals surface area contributed by atoms with Crippen molar-refractivity contribution in [2.45, 2.75) is 13.3 Å². The van der Waals surface area contributed by atoms with Crippen molar-refractivity contribution in [3.8, 4) is 11.3 Å². The van der Waals surface area contributed by atoms with Gasteiger partial charge in [-0.05, 0) is 64.2 Å². The first kappa shape index (κ1) is 18.4. The number of nitrogen functional groups attached to an aromatic ring is 2. The second kappa shape index (κ2) is 6.90. The average molecular weight is 484 g/mol. The van der Waals surface area contributed by atoms with Gasteiger partial charge in [-0.1, -0.05) is 19.1 Å². The van der Waals surface area contributed by atoms with Crippen molar-refractivity contribution < 1.29 is 4.92 Å². The predicted molar refractivity (Wildman–Crippen MR) is 122 cm³/mol. The van der Waals surface area contributed by atoms with E-state index in [1.165, 1.54) is 12.1 Å². The molecule has 0 amide bonds. The molecule has 28 heavy (non-hydrogen) atoms. The molecule has 3 aromatic carbocycles. The molecule has 4 aromatic rings. The summed E-state index contributed by atoms with van der Waals surface area (Å²) in [6, 6.07) is 14.1. The van der Waals surface area contributed by atoms with Crippen LogP contribution in [0.1, 0.15) is 12.5 Å². The molecule has 0 saturated heterocycles. The molecule has 4 rings (SSSR count). The van der Waals surface area contributed by atoms with Crippen LogP contribution in [-0.2, 0) is 6.42 Å². The van der Waals surface area contributed by atoms with E-state index in [4.69, 9.17) is 16.5 Å². The van der Waals surface area contributed by atoms with Gasteiger partial charge in [0.2, 0.25) is 0 Å². The first-order valence-electron chi connectivity index (χ1n) is 8.76. The molecule has 7 heteroatoms. The number of nitrogens with zero attached hydrogens (tertiary/aromatic N) is 2. The van der Waals surface area contributed by atoms with Gasteiger partial charge in [-0.25, -0.2) is 4.98 Å². The van der Waals surface area contributed by atoms with Gasteiger partial charge < -0.3 is 11.5 Å². The molecule has 0 saturated carbocycles. The molecule has 140 valence electrons. The number of fused-ring (bicyclic) bond motifs is 3. The molecule has 0 bridgehead atoms. The number of pyridine rings is 1. The van der Waals surface area contributed by atoms with E-state index < -0.39 is 4.92 Å². The summed E-state index contributed by atoms with van der Waals surface area (Å²) in [6.07, 6.45) is 0.790. The fourth-order valence-electron chi connectivity index (χ4n) is 3.53. The topological polar surface area (TPSA) is 108 Å². The summed E-state index contributed by atoms with van der Waals surface area (Å²) in [7, 11) is 0. The van der Waals surface area contributed by atoms with E-state index in [1.54, 1.807) is 12.1 Å². The highest BCUT2D eigenvalue weighted by Gasteiger charge is 2.18. The summed E-state index contributed by atoms with van der Waals surface area (Å²) in [6.45, 7) is 2.07. The molecule has 0 aliphatic rings. The molecule has 1 heterocycles. The second-order valence-electron chi connectivity index (χ2n) is 6.55. The van der Waals surface area contributed by atoms with E-state index >= 15 is 0 Å². The Hall–Kier alpha value is -2.94. The third kappa shape index (κ3) is 2.82. The van der Waals surface area contributed by atoms with Crippen LogP contribution in [0, 0.1) is 13.7 Å². The summed E-state index contributed by atoms with van der Waals surface area (Å²) in [5, 5.41) is 13.8. The maximum atomic E-state index is 11.0. The van der Waals surface area contributed by atoms with Crippen LogP contribution < -0.4 is 11.5 Å². The predicted octanol–water partition coefficient (Wildman–Crippen LogP) is 5.29. The SMILES string of the molecule is CCc1cc(N)c(I)c2c1nc(-c1ccc([N+](=O)[O-])cc1)c1c(N)cccc12. The first-order chi connectivity index (χ1) is 13.4. The maximum Gasteiger partial charge on any atom is 0.269 e. The molecule has 0 spiro atoms. The quantitative estimate of drug-likeness (QED) is 0.135. The third-order valence-corrected chi connectivity index (χ3v) is 6.06. The standard InChI is InChI=1S/C21H17IN4O2/c1-2-11-10-16(24)19(22)18-14-4-3-5-15(23)17(14)21(25-20(11)18)12-6-8-13(9-7-12)26(27)28/h3-10H,2,23-24H2,1H3. The molecule has 0 aliphatic carbocycles. The van der Waals surface area contributed by atoms with Gasteiger partial charge in [0.15, 0.2) is 0 Å². The van der Waals surface area contributed by atoms with E-state index in [0.717, 1.165) is 48.5 Å². The van der Waals surface area contributed by atoms with E-state index in [1.807, 2.05) is 24.3 Å². The van der Waals surface area contributed by atoms with E-state index in [-0.39, 0.29) is 5.69 Å². The van der Waals surface area contributed by atoms with E-state index in [9.17, 15) is 10.1 Å². The van der Waals surface area contributed by atoms with Crippen LogP contribution >= 0.6 is 22.6 Å². The number of nitro benzene ring substituents is 1. The number of hydrogen-bond donors (Lipinski definition) is 2. The minimum Gasteiger partial charge on any atom is -0.398 e. The van der Waals surface area contributed by atoms with Crippen molar-refractivity contribution in [3.63, 3.8) is 0 Å². The monoisotopic (exact) mass is 484 g/mol. The highest BCUT2D eigenvalue weighted by atomic mass is 127. The number of aryl methyl sites for hydroxylation is 1. The summed E-state index contributed by atoms with van der Waals surface area (Å²) in [4.78, 5) is 15.6. The van der Waals surface area contributed by atoms with Gasteiger partial charge in [0.1, 0.15) is 0 Å². The summed E-state index contributed by atoms with van der Waals surface area (Å²) >= 11 is 2.25. The van der Waals surface area contributed by atoms with E-state index in [2.05, 4.69) is 29.5 Å². The zero-order valence-electron chi connectivity index (χ0n) is 15.1. The number of hydrogen-bond acceptors (Lipinski definition) is 5. The average Bonchev–Trinajstić information content (AvgIpc) is 2.70. The molecule has 4 N–H and O–H groups in total. The zero-order valence-corrected chi connectivity index (χ0v) is 17.2. The molecule has 0 unspecified atom stereocenters. The Kier molecular flexibility index (Phi) is 4.54. The van der Waals surface area contributed by atoms with Crippen molar-refractivity contribution in [1.29, 1.82) is 0 Å². The highest BCUT2D eigenvalue weighted by Crippen LogP contribution is 2.40. The maximum absolute atomic E-state index is 11.0. The van der Waals surface area contributed by atoms with Crippen LogP contribution in [-0.4, -0.2) is 9.91 Å². The van der Waals surface area contributed by atoms with Gasteiger partial charge >= 0.3 is 0 Å². The number of rotatable bonds is 3. The van der Waals surface area contributed by atoms with Crippen LogP contribution in [0.3, 0.4) is 0 Å². The number of nitro groups is 1. The van der Waals surface area contributed by atoms with Crippen LogP contribution in [0.5, 0.6) is 0 Å². The molecule has 0 aliphatic heterocycles. The Morgan fingerprint density at radius 3 is 2.43 bits per heavy atom. The Morgan fingerprint density at radius 2 is 1.79 bits per heavy atom. The number of aromatic nitrogens is 1. The van der Waals surface area contributed by atoms with Crippen molar-refractivity contribution in [3.05, 3.63) is 67.8 Å². The van der Waals surface area contributed by atoms with Gasteiger partial charge in [-0.2, -0.15) is 0 Å². The van der Waals surface area contributed by atoms with E-state index in [0.29, 0.717) is 11.4 Å². The summed E-state index contributed by atoms with van der Waals surface area (Å²) in [5.74, 6) is 0. The lowest BCUT2D eigenvalue weighted by molar-refractivity contribution is -0.384. The molecule has 6 nitrogen and oxygen atoms in total. The smallest absolute Gasteiger partial charge is 0.269 e. The Bertz CT molecular complexity index is 1250. The minimum atomic E-state index is -0.412. The number of halogens is 1. The Morgan fingerprint density at radius 1 is 1.07 bits per heavy atom. The van der Waals surface area contributed by atoms with Gasteiger partial charge in [0, 0.05) is 43.4 Å². The van der Waals surface area contributed by atoms with Crippen molar-refractivity contribution in [1.82, 2.24) is 4.98 Å². The lowest BCUT2D eigenvalue weighted by Crippen LogP contribution is -2.01. The number of non-ortho nitro benzene ring substituents is 1. The zero-order chi connectivity index (χ0) is 20.0. The number of anilines is 2. The lowest BCUT2D eigenvalue weighted by atomic mass is 9.96. The molecule has 0 atom stereocenters. The normalized spacial score (nSPS) is 11.2. The van der Waals surface area contributed by atoms with Crippen LogP contribution in [0.2, 0.25) is 0 Å². The van der Waals surface area contributed by atoms with Crippen molar-refractivity contribution in [2.75, 3.05) is 11.5 Å². The van der Waals surface area contributed by atoms with Crippen molar-refractivity contribution >= 4 is 61.3 Å². The second-order valence-corrected chi connectivity index (χ2v) is 7.63. The number of nitrogens with two attached hydrogens (primary N) is 2. The third-order valence-electron chi connectivity index (χ3n) is 4.90. The molecule has 1 aromatic heterocycles. The van der Waals surface area contributed by atoms with Crippen LogP contribution in [0.4, 0.5) is 17.1 Å². The van der Waals surface area contributed by atoms with Gasteiger partial charge in [-0.3, -0.25) is 10.1 Å². The van der Waals surface area contributed by atoms with Crippen LogP contribution in [0.15, 0.2) is 48.5 Å². The van der Waals surface area contributed by atoms with Gasteiger partial charge in [-0.15, -0.1) is 0 Å². The Labute approximate surface area is 174 Å². The molecule has 0 radical (unpaired) electrons. The minimum absolute atomic E-state index is 0.0402. The fourth-order valence-corrected chi connectivity index (χ4v) is 4.23. The van der Waals surface area contributed by atoms with Gasteiger partial charge in [0.05, 0.1) is 16.1 Å². The van der Waals surface area contributed by atoms with Crippen LogP contribution in [0.25, 0.3) is 32.9 Å². The summed E-state index contributed by atoms with van der Waals surface area (Å²) < 4.78 is 0.947. The Balaban J connectivity index is 2.16. The molecule has 0 fully saturated rings. The lowest BCUT2D eigenvalue weighted by Gasteiger charge is -2.16. The summed E-state index contributed by atoms with van der Waals surface area (Å²) in [5.41, 5.74) is 17.4. The highest BCUT2D eigenvalue weighted by molar-refractivity contribution is 14.1. The van der Waals surface area contributed by atoms with Crippen molar-refractivity contribution in [2.24, 2.45) is 0 Å².